The molecular formula is C25H42N2O5S. The van der Waals surface area contributed by atoms with Gasteiger partial charge >= 0.3 is 5.97 Å². The van der Waals surface area contributed by atoms with E-state index in [1.807, 2.05) is 27.7 Å². The van der Waals surface area contributed by atoms with Crippen LogP contribution < -0.4 is 5.32 Å². The highest BCUT2D eigenvalue weighted by molar-refractivity contribution is 8.02. The second-order valence-corrected chi connectivity index (χ2v) is 13.8. The summed E-state index contributed by atoms with van der Waals surface area (Å²) in [7, 11) is 0. The lowest BCUT2D eigenvalue weighted by Crippen LogP contribution is -2.60. The lowest BCUT2D eigenvalue weighted by molar-refractivity contribution is -0.154. The van der Waals surface area contributed by atoms with E-state index in [0.29, 0.717) is 6.42 Å². The fourth-order valence-electron chi connectivity index (χ4n) is 6.65. The highest BCUT2D eigenvalue weighted by Gasteiger charge is 2.74. The van der Waals surface area contributed by atoms with Gasteiger partial charge in [-0.1, -0.05) is 34.6 Å². The smallest absolute Gasteiger partial charge is 0.310 e. The number of thioether (sulfide) groups is 1. The predicted octanol–water partition coefficient (Wildman–Crippen LogP) is 2.99. The number of aliphatic hydroxyl groups excluding tert-OH is 1. The lowest BCUT2D eigenvalue weighted by Gasteiger charge is -2.41. The molecule has 0 aromatic rings. The molecule has 3 aliphatic heterocycles. The van der Waals surface area contributed by atoms with Crippen molar-refractivity contribution in [2.75, 3.05) is 13.2 Å². The first-order valence-electron chi connectivity index (χ1n) is 12.3. The highest BCUT2D eigenvalue weighted by atomic mass is 32.2. The first-order valence-corrected chi connectivity index (χ1v) is 13.2. The summed E-state index contributed by atoms with van der Waals surface area (Å²) >= 11 is 1.63. The van der Waals surface area contributed by atoms with Crippen molar-refractivity contribution >= 4 is 29.5 Å². The topological polar surface area (TPSA) is 95.9 Å². The van der Waals surface area contributed by atoms with E-state index in [2.05, 4.69) is 26.1 Å². The van der Waals surface area contributed by atoms with Gasteiger partial charge in [-0.3, -0.25) is 14.4 Å². The van der Waals surface area contributed by atoms with E-state index in [4.69, 9.17) is 4.74 Å². The molecule has 3 heterocycles. The van der Waals surface area contributed by atoms with Crippen LogP contribution >= 0.6 is 11.8 Å². The van der Waals surface area contributed by atoms with Gasteiger partial charge in [0.15, 0.2) is 0 Å². The summed E-state index contributed by atoms with van der Waals surface area (Å²) in [6.07, 6.45) is 2.27. The van der Waals surface area contributed by atoms with Gasteiger partial charge in [0.1, 0.15) is 6.04 Å². The molecule has 0 saturated carbocycles. The summed E-state index contributed by atoms with van der Waals surface area (Å²) < 4.78 is 4.70. The Morgan fingerprint density at radius 1 is 1.27 bits per heavy atom. The minimum atomic E-state index is -0.719. The number of hydrogen-bond acceptors (Lipinski definition) is 6. The fraction of sp³-hybridized carbons (Fsp3) is 0.880. The number of amides is 2. The maximum Gasteiger partial charge on any atom is 0.310 e. The molecule has 0 aromatic heterocycles. The van der Waals surface area contributed by atoms with E-state index in [-0.39, 0.29) is 47.6 Å². The van der Waals surface area contributed by atoms with Gasteiger partial charge in [-0.15, -0.1) is 11.8 Å². The van der Waals surface area contributed by atoms with E-state index in [0.717, 1.165) is 12.8 Å². The Morgan fingerprint density at radius 3 is 2.42 bits per heavy atom. The number of esters is 1. The number of rotatable bonds is 8. The van der Waals surface area contributed by atoms with Crippen LogP contribution in [0.25, 0.3) is 0 Å². The zero-order valence-electron chi connectivity index (χ0n) is 21.4. The molecule has 188 valence electrons. The molecule has 0 radical (unpaired) electrons. The van der Waals surface area contributed by atoms with Crippen LogP contribution in [0.1, 0.15) is 74.7 Å². The molecule has 33 heavy (non-hydrogen) atoms. The monoisotopic (exact) mass is 482 g/mol. The zero-order chi connectivity index (χ0) is 24.9. The average Bonchev–Trinajstić information content (AvgIpc) is 3.27. The van der Waals surface area contributed by atoms with Crippen LogP contribution in [-0.4, -0.2) is 68.6 Å². The molecule has 3 saturated heterocycles. The Kier molecular flexibility index (Phi) is 7.23. The SMILES string of the molecule is CCOC(=O)[C@@H]1[C@H]2C(=O)N([C@@H](CO)C(C)C)C(C(=O)NC(C)(C)CC(C)(C)C)C23CC[C@H]1S3. The molecular weight excluding hydrogens is 440 g/mol. The van der Waals surface area contributed by atoms with Crippen LogP contribution in [0.4, 0.5) is 0 Å². The van der Waals surface area contributed by atoms with Crippen molar-refractivity contribution in [3.05, 3.63) is 0 Å². The predicted molar refractivity (Wildman–Crippen MR) is 130 cm³/mol. The minimum Gasteiger partial charge on any atom is -0.466 e. The van der Waals surface area contributed by atoms with Crippen molar-refractivity contribution in [1.29, 1.82) is 0 Å². The van der Waals surface area contributed by atoms with Crippen LogP contribution in [0.15, 0.2) is 0 Å². The van der Waals surface area contributed by atoms with Gasteiger partial charge < -0.3 is 20.1 Å². The highest BCUT2D eigenvalue weighted by Crippen LogP contribution is 2.66. The van der Waals surface area contributed by atoms with Gasteiger partial charge in [-0.2, -0.15) is 0 Å². The van der Waals surface area contributed by atoms with Gasteiger partial charge in [0.2, 0.25) is 11.8 Å². The van der Waals surface area contributed by atoms with E-state index >= 15 is 0 Å². The second-order valence-electron chi connectivity index (χ2n) is 12.2. The molecule has 1 spiro atoms. The molecule has 3 fully saturated rings. The largest absolute Gasteiger partial charge is 0.466 e. The fourth-order valence-corrected chi connectivity index (χ4v) is 8.84. The molecule has 3 rings (SSSR count). The van der Waals surface area contributed by atoms with E-state index in [9.17, 15) is 19.5 Å². The number of likely N-dealkylation sites (tertiary alicyclic amines) is 1. The van der Waals surface area contributed by atoms with Crippen molar-refractivity contribution < 1.29 is 24.2 Å². The standard InChI is InChI=1S/C25H42N2O5S/c1-9-32-22(31)17-16-10-11-25(33-16)18(17)21(30)27(15(12-28)14(2)3)19(25)20(29)26-24(7,8)13-23(4,5)6/h14-19,28H,9-13H2,1-8H3,(H,26,29)/t15-,16+,17-,18-,19?,25?/m0/s1. The molecule has 0 aliphatic carbocycles. The maximum absolute atomic E-state index is 14.0. The normalized spacial score (nSPS) is 32.3. The summed E-state index contributed by atoms with van der Waals surface area (Å²) in [6.45, 7) is 16.2. The van der Waals surface area contributed by atoms with Crippen LogP contribution in [0.3, 0.4) is 0 Å². The number of ether oxygens (including phenoxy) is 1. The van der Waals surface area contributed by atoms with Crippen molar-refractivity contribution in [2.24, 2.45) is 23.2 Å². The number of hydrogen-bond donors (Lipinski definition) is 2. The van der Waals surface area contributed by atoms with E-state index in [1.165, 1.54) is 0 Å². The van der Waals surface area contributed by atoms with Crippen LogP contribution in [0, 0.1) is 23.2 Å². The van der Waals surface area contributed by atoms with Crippen molar-refractivity contribution in [3.63, 3.8) is 0 Å². The number of carbonyl (C=O) groups is 3. The molecule has 0 aromatic carbocycles. The molecule has 8 heteroatoms. The first-order chi connectivity index (χ1) is 15.2. The Morgan fingerprint density at radius 2 is 1.91 bits per heavy atom. The van der Waals surface area contributed by atoms with Crippen molar-refractivity contribution in [1.82, 2.24) is 10.2 Å². The third kappa shape index (κ3) is 4.66. The summed E-state index contributed by atoms with van der Waals surface area (Å²) in [4.78, 5) is 42.4. The van der Waals surface area contributed by atoms with Gasteiger partial charge in [-0.05, 0) is 51.4 Å². The Labute approximate surface area is 202 Å². The number of nitrogens with zero attached hydrogens (tertiary/aromatic N) is 1. The summed E-state index contributed by atoms with van der Waals surface area (Å²) in [5, 5.41) is 13.5. The van der Waals surface area contributed by atoms with Gasteiger partial charge in [-0.25, -0.2) is 0 Å². The van der Waals surface area contributed by atoms with Crippen LogP contribution in [-0.2, 0) is 19.1 Å². The third-order valence-corrected chi connectivity index (χ3v) is 9.24. The van der Waals surface area contributed by atoms with E-state index in [1.54, 1.807) is 23.6 Å². The first kappa shape index (κ1) is 26.3. The van der Waals surface area contributed by atoms with Gasteiger partial charge in [0, 0.05) is 10.8 Å². The maximum atomic E-state index is 14.0. The zero-order valence-corrected chi connectivity index (χ0v) is 22.3. The lowest BCUT2D eigenvalue weighted by atomic mass is 9.71. The van der Waals surface area contributed by atoms with Gasteiger partial charge in [0.25, 0.3) is 0 Å². The molecule has 7 nitrogen and oxygen atoms in total. The Hall–Kier alpha value is -1.28. The summed E-state index contributed by atoms with van der Waals surface area (Å²) in [6, 6.07) is -1.20. The minimum absolute atomic E-state index is 0.00957. The number of fused-ring (bicyclic) bond motifs is 1. The summed E-state index contributed by atoms with van der Waals surface area (Å²) in [5.41, 5.74) is -0.447. The second kappa shape index (κ2) is 9.06. The summed E-state index contributed by atoms with van der Waals surface area (Å²) in [5.74, 6) is -1.87. The van der Waals surface area contributed by atoms with Crippen molar-refractivity contribution in [2.45, 2.75) is 102 Å². The molecule has 2 bridgehead atoms. The number of aliphatic hydroxyl groups is 1. The Bertz CT molecular complexity index is 792. The van der Waals surface area contributed by atoms with Crippen LogP contribution in [0.2, 0.25) is 0 Å². The molecule has 6 atom stereocenters. The Balaban J connectivity index is 2.03. The molecule has 2 unspecified atom stereocenters. The number of nitrogens with one attached hydrogen (secondary N) is 1. The number of carbonyl (C=O) groups excluding carboxylic acids is 3. The van der Waals surface area contributed by atoms with Crippen molar-refractivity contribution in [3.8, 4) is 0 Å². The average molecular weight is 483 g/mol. The molecule has 3 aliphatic rings. The molecule has 2 amide bonds. The van der Waals surface area contributed by atoms with E-state index < -0.39 is 34.2 Å². The quantitative estimate of drug-likeness (QED) is 0.517. The molecule has 2 N–H and O–H groups in total. The third-order valence-electron chi connectivity index (χ3n) is 7.29. The van der Waals surface area contributed by atoms with Crippen LogP contribution in [0.5, 0.6) is 0 Å². The van der Waals surface area contributed by atoms with Gasteiger partial charge in [0.05, 0.1) is 35.8 Å².